The van der Waals surface area contributed by atoms with Gasteiger partial charge in [0, 0.05) is 12.6 Å². The van der Waals surface area contributed by atoms with Gasteiger partial charge in [0.05, 0.1) is 0 Å². The average molecular weight is 221 g/mol. The lowest BCUT2D eigenvalue weighted by atomic mass is 9.90. The Morgan fingerprint density at radius 3 is 2.12 bits per heavy atom. The summed E-state index contributed by atoms with van der Waals surface area (Å²) >= 11 is 0. The summed E-state index contributed by atoms with van der Waals surface area (Å²) in [5, 5.41) is 6.62. The lowest BCUT2D eigenvalue weighted by Gasteiger charge is -2.32. The minimum Gasteiger partial charge on any atom is -0.373 e. The van der Waals surface area contributed by atoms with Crippen molar-refractivity contribution in [2.24, 2.45) is 0 Å². The molecule has 1 aromatic heterocycles. The molecule has 0 bridgehead atoms. The average Bonchev–Trinajstić information content (AvgIpc) is 2.36. The van der Waals surface area contributed by atoms with Crippen LogP contribution in [0.3, 0.4) is 0 Å². The van der Waals surface area contributed by atoms with E-state index in [0.717, 1.165) is 30.9 Å². The number of hydrogen-bond donors (Lipinski definition) is 2. The molecule has 0 amide bonds. The van der Waals surface area contributed by atoms with Crippen molar-refractivity contribution in [3.8, 4) is 0 Å². The van der Waals surface area contributed by atoms with E-state index in [9.17, 15) is 0 Å². The number of rotatable bonds is 6. The number of anilines is 2. The van der Waals surface area contributed by atoms with E-state index in [-0.39, 0.29) is 5.54 Å². The van der Waals surface area contributed by atoms with E-state index in [4.69, 9.17) is 0 Å². The Bertz CT molecular complexity index is 310. The van der Waals surface area contributed by atoms with E-state index in [2.05, 4.69) is 36.4 Å². The van der Waals surface area contributed by atoms with E-state index in [1.165, 1.54) is 0 Å². The van der Waals surface area contributed by atoms with Crippen molar-refractivity contribution in [2.45, 2.75) is 45.6 Å². The van der Waals surface area contributed by atoms with Crippen LogP contribution in [0.1, 0.15) is 40.0 Å². The van der Waals surface area contributed by atoms with E-state index in [1.807, 2.05) is 25.2 Å². The maximum Gasteiger partial charge on any atom is 0.128 e. The summed E-state index contributed by atoms with van der Waals surface area (Å²) in [4.78, 5) is 4.50. The fourth-order valence-electron chi connectivity index (χ4n) is 1.93. The molecule has 0 atom stereocenters. The first-order valence-corrected chi connectivity index (χ1v) is 6.12. The Balaban J connectivity index is 2.84. The van der Waals surface area contributed by atoms with Crippen LogP contribution in [0.25, 0.3) is 0 Å². The lowest BCUT2D eigenvalue weighted by molar-refractivity contribution is 0.419. The first-order chi connectivity index (χ1) is 7.69. The van der Waals surface area contributed by atoms with Crippen molar-refractivity contribution in [1.29, 1.82) is 0 Å². The quantitative estimate of drug-likeness (QED) is 0.772. The number of pyridine rings is 1. The van der Waals surface area contributed by atoms with Crippen LogP contribution in [0.5, 0.6) is 0 Å². The molecule has 0 aliphatic carbocycles. The van der Waals surface area contributed by atoms with Crippen molar-refractivity contribution in [3.63, 3.8) is 0 Å². The van der Waals surface area contributed by atoms with E-state index >= 15 is 0 Å². The van der Waals surface area contributed by atoms with Crippen LogP contribution in [0.4, 0.5) is 11.6 Å². The Labute approximate surface area is 98.7 Å². The van der Waals surface area contributed by atoms with Gasteiger partial charge in [-0.3, -0.25) is 0 Å². The highest BCUT2D eigenvalue weighted by Gasteiger charge is 2.23. The summed E-state index contributed by atoms with van der Waals surface area (Å²) in [6.07, 6.45) is 3.35. The molecule has 1 rings (SSSR count). The van der Waals surface area contributed by atoms with E-state index < -0.39 is 0 Å². The molecule has 2 N–H and O–H groups in total. The molecule has 1 aromatic rings. The predicted octanol–water partition coefficient (Wildman–Crippen LogP) is 3.50. The molecule has 0 saturated carbocycles. The summed E-state index contributed by atoms with van der Waals surface area (Å²) in [6, 6.07) is 6.01. The van der Waals surface area contributed by atoms with Crippen molar-refractivity contribution in [1.82, 2.24) is 4.98 Å². The van der Waals surface area contributed by atoms with Crippen LogP contribution in [-0.4, -0.2) is 17.6 Å². The molecule has 90 valence electrons. The second kappa shape index (κ2) is 5.73. The van der Waals surface area contributed by atoms with Crippen LogP contribution in [0, 0.1) is 0 Å². The van der Waals surface area contributed by atoms with Crippen molar-refractivity contribution in [2.75, 3.05) is 17.7 Å². The molecule has 0 radical (unpaired) electrons. The summed E-state index contributed by atoms with van der Waals surface area (Å²) < 4.78 is 0. The molecule has 0 fully saturated rings. The van der Waals surface area contributed by atoms with Gasteiger partial charge in [0.15, 0.2) is 0 Å². The molecule has 1 heterocycles. The topological polar surface area (TPSA) is 37.0 Å². The van der Waals surface area contributed by atoms with Crippen LogP contribution >= 0.6 is 0 Å². The molecule has 3 nitrogen and oxygen atoms in total. The van der Waals surface area contributed by atoms with Gasteiger partial charge in [-0.15, -0.1) is 0 Å². The van der Waals surface area contributed by atoms with Gasteiger partial charge in [-0.2, -0.15) is 0 Å². The zero-order chi connectivity index (χ0) is 12.0. The van der Waals surface area contributed by atoms with Crippen molar-refractivity contribution in [3.05, 3.63) is 18.2 Å². The van der Waals surface area contributed by atoms with E-state index in [1.54, 1.807) is 0 Å². The van der Waals surface area contributed by atoms with Crippen LogP contribution in [-0.2, 0) is 0 Å². The maximum absolute atomic E-state index is 4.50. The first-order valence-electron chi connectivity index (χ1n) is 6.12. The summed E-state index contributed by atoms with van der Waals surface area (Å²) in [5.74, 6) is 1.86. The van der Waals surface area contributed by atoms with Gasteiger partial charge in [-0.05, 0) is 31.4 Å². The molecule has 0 unspecified atom stereocenters. The van der Waals surface area contributed by atoms with Gasteiger partial charge in [-0.25, -0.2) is 4.98 Å². The van der Waals surface area contributed by atoms with Gasteiger partial charge in [0.1, 0.15) is 11.6 Å². The molecule has 3 heteroatoms. The van der Waals surface area contributed by atoms with Gasteiger partial charge < -0.3 is 10.6 Å². The first kappa shape index (κ1) is 12.8. The normalized spacial score (nSPS) is 11.2. The summed E-state index contributed by atoms with van der Waals surface area (Å²) in [7, 11) is 1.89. The Morgan fingerprint density at radius 1 is 1.06 bits per heavy atom. The minimum absolute atomic E-state index is 0.180. The molecular weight excluding hydrogens is 198 g/mol. The number of aromatic nitrogens is 1. The largest absolute Gasteiger partial charge is 0.373 e. The zero-order valence-corrected chi connectivity index (χ0v) is 10.8. The Hall–Kier alpha value is -1.25. The molecule has 16 heavy (non-hydrogen) atoms. The van der Waals surface area contributed by atoms with Crippen molar-refractivity contribution >= 4 is 11.6 Å². The fraction of sp³-hybridized carbons (Fsp3) is 0.615. The molecule has 0 saturated heterocycles. The highest BCUT2D eigenvalue weighted by Crippen LogP contribution is 2.24. The maximum atomic E-state index is 4.50. The number of nitrogens with zero attached hydrogens (tertiary/aromatic N) is 1. The molecular formula is C13H23N3. The predicted molar refractivity (Wildman–Crippen MR) is 71.0 cm³/mol. The molecule has 0 aliphatic rings. The summed E-state index contributed by atoms with van der Waals surface area (Å²) in [5.41, 5.74) is 0.180. The van der Waals surface area contributed by atoms with Crippen LogP contribution < -0.4 is 10.6 Å². The van der Waals surface area contributed by atoms with Gasteiger partial charge in [0.25, 0.3) is 0 Å². The Kier molecular flexibility index (Phi) is 4.59. The van der Waals surface area contributed by atoms with Crippen LogP contribution in [0.15, 0.2) is 18.2 Å². The minimum atomic E-state index is 0.180. The van der Waals surface area contributed by atoms with Gasteiger partial charge in [0.2, 0.25) is 0 Å². The van der Waals surface area contributed by atoms with Gasteiger partial charge in [-0.1, -0.05) is 26.8 Å². The third kappa shape index (κ3) is 2.87. The number of hydrogen-bond acceptors (Lipinski definition) is 3. The summed E-state index contributed by atoms with van der Waals surface area (Å²) in [6.45, 7) is 6.67. The lowest BCUT2D eigenvalue weighted by Crippen LogP contribution is -2.36. The Morgan fingerprint density at radius 2 is 1.62 bits per heavy atom. The third-order valence-electron chi connectivity index (χ3n) is 3.43. The monoisotopic (exact) mass is 221 g/mol. The highest BCUT2D eigenvalue weighted by atomic mass is 15.1. The van der Waals surface area contributed by atoms with Gasteiger partial charge >= 0.3 is 0 Å². The standard InChI is InChI=1S/C13H23N3/c1-5-13(6-2,7-3)16-12-10-8-9-11(14-4)15-12/h8-10H,5-7H2,1-4H3,(H2,14,15,16). The van der Waals surface area contributed by atoms with E-state index in [0.29, 0.717) is 0 Å². The highest BCUT2D eigenvalue weighted by molar-refractivity contribution is 5.46. The molecule has 0 aliphatic heterocycles. The number of nitrogens with one attached hydrogen (secondary N) is 2. The second-order valence-electron chi connectivity index (χ2n) is 4.12. The second-order valence-corrected chi connectivity index (χ2v) is 4.12. The molecule has 0 spiro atoms. The van der Waals surface area contributed by atoms with Crippen molar-refractivity contribution < 1.29 is 0 Å². The molecule has 0 aromatic carbocycles. The fourth-order valence-corrected chi connectivity index (χ4v) is 1.93. The third-order valence-corrected chi connectivity index (χ3v) is 3.43. The smallest absolute Gasteiger partial charge is 0.128 e. The zero-order valence-electron chi connectivity index (χ0n) is 10.8. The van der Waals surface area contributed by atoms with Crippen LogP contribution in [0.2, 0.25) is 0 Å². The SMILES string of the molecule is CCC(CC)(CC)Nc1cccc(NC)n1.